The number of sulfonamides is 1. The summed E-state index contributed by atoms with van der Waals surface area (Å²) in [4.78, 5) is 0.354. The predicted octanol–water partition coefficient (Wildman–Crippen LogP) is -0.427. The van der Waals surface area contributed by atoms with Crippen LogP contribution in [0.25, 0.3) is 0 Å². The molecule has 0 aromatic carbocycles. The summed E-state index contributed by atoms with van der Waals surface area (Å²) in [5.41, 5.74) is 0. The van der Waals surface area contributed by atoms with Gasteiger partial charge in [0, 0.05) is 20.1 Å². The molecular formula is C10H13N3O3S2. The number of aliphatic hydroxyl groups is 1. The molecule has 0 spiro atoms. The second-order valence-electron chi connectivity index (χ2n) is 4.04. The Morgan fingerprint density at radius 3 is 2.78 bits per heavy atom. The molecule has 98 valence electrons. The number of thiophene rings is 1. The van der Waals surface area contributed by atoms with Gasteiger partial charge in [0.15, 0.2) is 0 Å². The number of β-amino-alcohol motifs (C(OH)–C–C–N with tert-alkyl or cyclic N) is 1. The average molecular weight is 287 g/mol. The Morgan fingerprint density at radius 1 is 1.56 bits per heavy atom. The van der Waals surface area contributed by atoms with Gasteiger partial charge in [-0.2, -0.15) is 9.57 Å². The molecule has 1 fully saturated rings. The summed E-state index contributed by atoms with van der Waals surface area (Å²) in [5, 5.41) is 21.4. The van der Waals surface area contributed by atoms with Crippen LogP contribution in [0.4, 0.5) is 0 Å². The lowest BCUT2D eigenvalue weighted by atomic mass is 10.2. The first-order valence-electron chi connectivity index (χ1n) is 5.33. The Labute approximate surface area is 110 Å². The molecule has 0 bridgehead atoms. The van der Waals surface area contributed by atoms with Crippen molar-refractivity contribution in [1.82, 2.24) is 9.62 Å². The normalized spacial score (nSPS) is 24.3. The molecule has 1 aliphatic rings. The van der Waals surface area contributed by atoms with Crippen molar-refractivity contribution in [1.29, 1.82) is 5.26 Å². The lowest BCUT2D eigenvalue weighted by Crippen LogP contribution is -2.43. The number of aliphatic hydroxyl groups excluding tert-OH is 1. The van der Waals surface area contributed by atoms with Crippen molar-refractivity contribution in [2.75, 3.05) is 20.1 Å². The zero-order valence-corrected chi connectivity index (χ0v) is 11.3. The van der Waals surface area contributed by atoms with Crippen molar-refractivity contribution in [3.05, 3.63) is 17.0 Å². The van der Waals surface area contributed by atoms with Gasteiger partial charge in [0.25, 0.3) is 10.0 Å². The Kier molecular flexibility index (Phi) is 3.70. The van der Waals surface area contributed by atoms with Crippen LogP contribution >= 0.6 is 11.3 Å². The minimum Gasteiger partial charge on any atom is -0.390 e. The molecule has 2 rings (SSSR count). The van der Waals surface area contributed by atoms with Crippen LogP contribution in [0.15, 0.2) is 16.3 Å². The number of rotatable bonds is 3. The van der Waals surface area contributed by atoms with Crippen LogP contribution < -0.4 is 5.32 Å². The van der Waals surface area contributed by atoms with Crippen LogP contribution in [0.2, 0.25) is 0 Å². The maximum Gasteiger partial charge on any atom is 0.252 e. The highest BCUT2D eigenvalue weighted by atomic mass is 32.2. The Hall–Kier alpha value is -0.980. The quantitative estimate of drug-likeness (QED) is 0.787. The molecule has 6 nitrogen and oxygen atoms in total. The van der Waals surface area contributed by atoms with E-state index in [-0.39, 0.29) is 4.21 Å². The number of nitriles is 1. The van der Waals surface area contributed by atoms with E-state index in [0.717, 1.165) is 11.3 Å². The molecule has 0 radical (unpaired) electrons. The number of hydrogen-bond donors (Lipinski definition) is 2. The monoisotopic (exact) mass is 287 g/mol. The van der Waals surface area contributed by atoms with E-state index in [0.29, 0.717) is 18.0 Å². The van der Waals surface area contributed by atoms with Gasteiger partial charge in [-0.05, 0) is 12.1 Å². The van der Waals surface area contributed by atoms with E-state index in [2.05, 4.69) is 5.32 Å². The van der Waals surface area contributed by atoms with Gasteiger partial charge in [-0.3, -0.25) is 0 Å². The summed E-state index contributed by atoms with van der Waals surface area (Å²) in [5.74, 6) is 0. The summed E-state index contributed by atoms with van der Waals surface area (Å²) in [7, 11) is -2.20. The van der Waals surface area contributed by atoms with Gasteiger partial charge >= 0.3 is 0 Å². The maximum atomic E-state index is 12.3. The Bertz CT molecular complexity index is 575. The van der Waals surface area contributed by atoms with Gasteiger partial charge in [-0.1, -0.05) is 0 Å². The highest BCUT2D eigenvalue weighted by Crippen LogP contribution is 2.26. The van der Waals surface area contributed by atoms with Crippen molar-refractivity contribution >= 4 is 21.4 Å². The zero-order chi connectivity index (χ0) is 13.3. The summed E-state index contributed by atoms with van der Waals surface area (Å²) in [6.45, 7) is 0.811. The minimum absolute atomic E-state index is 0.126. The van der Waals surface area contributed by atoms with Gasteiger partial charge in [0.1, 0.15) is 15.2 Å². The molecule has 2 heterocycles. The molecule has 1 saturated heterocycles. The Balaban J connectivity index is 2.28. The SMILES string of the molecule is CN([C@@H]1CNC[C@H]1O)S(=O)(=O)c1ccc(C#N)s1. The first-order chi connectivity index (χ1) is 8.46. The molecule has 2 atom stereocenters. The fraction of sp³-hybridized carbons (Fsp3) is 0.500. The van der Waals surface area contributed by atoms with Crippen molar-refractivity contribution in [3.63, 3.8) is 0 Å². The summed E-state index contributed by atoms with van der Waals surface area (Å²) >= 11 is 0.935. The van der Waals surface area contributed by atoms with Crippen molar-refractivity contribution in [2.24, 2.45) is 0 Å². The molecule has 0 amide bonds. The van der Waals surface area contributed by atoms with Crippen molar-refractivity contribution in [2.45, 2.75) is 16.4 Å². The molecule has 8 heteroatoms. The molecule has 18 heavy (non-hydrogen) atoms. The molecule has 1 aromatic rings. The lowest BCUT2D eigenvalue weighted by Gasteiger charge is -2.24. The fourth-order valence-electron chi connectivity index (χ4n) is 1.86. The van der Waals surface area contributed by atoms with Crippen molar-refractivity contribution in [3.8, 4) is 6.07 Å². The second-order valence-corrected chi connectivity index (χ2v) is 7.35. The molecule has 1 aliphatic heterocycles. The standard InChI is InChI=1S/C10H13N3O3S2/c1-13(8-5-12-6-9(8)14)18(15,16)10-3-2-7(4-11)17-10/h2-3,8-9,12,14H,5-6H2,1H3/t8-,9-/m1/s1. The number of likely N-dealkylation sites (N-methyl/N-ethyl adjacent to an activating group) is 1. The third-order valence-electron chi connectivity index (χ3n) is 2.94. The Morgan fingerprint density at radius 2 is 2.28 bits per heavy atom. The van der Waals surface area contributed by atoms with Crippen LogP contribution in [0.1, 0.15) is 4.88 Å². The largest absolute Gasteiger partial charge is 0.390 e. The summed E-state index contributed by atoms with van der Waals surface area (Å²) in [6.07, 6.45) is -0.708. The smallest absolute Gasteiger partial charge is 0.252 e. The van der Waals surface area contributed by atoms with Crippen LogP contribution in [0.5, 0.6) is 0 Å². The fourth-order valence-corrected chi connectivity index (χ4v) is 4.53. The summed E-state index contributed by atoms with van der Waals surface area (Å²) < 4.78 is 25.9. The molecule has 2 N–H and O–H groups in total. The number of nitrogens with one attached hydrogen (secondary N) is 1. The zero-order valence-electron chi connectivity index (χ0n) is 9.70. The van der Waals surface area contributed by atoms with E-state index >= 15 is 0 Å². The highest BCUT2D eigenvalue weighted by molar-refractivity contribution is 7.91. The van der Waals surface area contributed by atoms with E-state index in [1.807, 2.05) is 6.07 Å². The molecule has 0 saturated carbocycles. The molecule has 0 unspecified atom stereocenters. The van der Waals surface area contributed by atoms with Crippen LogP contribution in [0.3, 0.4) is 0 Å². The van der Waals surface area contributed by atoms with E-state index < -0.39 is 22.2 Å². The van der Waals surface area contributed by atoms with Crippen LogP contribution in [0, 0.1) is 11.3 Å². The van der Waals surface area contributed by atoms with Gasteiger partial charge < -0.3 is 10.4 Å². The highest BCUT2D eigenvalue weighted by Gasteiger charge is 2.36. The van der Waals surface area contributed by atoms with Crippen LogP contribution in [-0.2, 0) is 10.0 Å². The van der Waals surface area contributed by atoms with Crippen molar-refractivity contribution < 1.29 is 13.5 Å². The van der Waals surface area contributed by atoms with Gasteiger partial charge in [-0.25, -0.2) is 8.42 Å². The molecule has 0 aliphatic carbocycles. The predicted molar refractivity (Wildman–Crippen MR) is 66.6 cm³/mol. The van der Waals surface area contributed by atoms with E-state index in [1.165, 1.54) is 23.5 Å². The van der Waals surface area contributed by atoms with Gasteiger partial charge in [0.05, 0.1) is 12.1 Å². The maximum absolute atomic E-state index is 12.3. The second kappa shape index (κ2) is 4.95. The molecular weight excluding hydrogens is 274 g/mol. The average Bonchev–Trinajstić information content (AvgIpc) is 2.96. The van der Waals surface area contributed by atoms with Crippen LogP contribution in [-0.4, -0.2) is 50.1 Å². The third kappa shape index (κ3) is 2.28. The molecule has 1 aromatic heterocycles. The van der Waals surface area contributed by atoms with E-state index in [4.69, 9.17) is 5.26 Å². The first-order valence-corrected chi connectivity index (χ1v) is 7.59. The number of nitrogens with zero attached hydrogens (tertiary/aromatic N) is 2. The topological polar surface area (TPSA) is 93.4 Å². The third-order valence-corrected chi connectivity index (χ3v) is 6.28. The number of hydrogen-bond acceptors (Lipinski definition) is 6. The minimum atomic E-state index is -3.64. The first kappa shape index (κ1) is 13.5. The lowest BCUT2D eigenvalue weighted by molar-refractivity contribution is 0.136. The van der Waals surface area contributed by atoms with Gasteiger partial charge in [-0.15, -0.1) is 11.3 Å². The summed E-state index contributed by atoms with van der Waals surface area (Å²) in [6, 6.07) is 4.34. The van der Waals surface area contributed by atoms with E-state index in [9.17, 15) is 13.5 Å². The van der Waals surface area contributed by atoms with E-state index in [1.54, 1.807) is 0 Å². The van der Waals surface area contributed by atoms with Gasteiger partial charge in [0.2, 0.25) is 0 Å².